The summed E-state index contributed by atoms with van der Waals surface area (Å²) in [7, 11) is 0. The van der Waals surface area contributed by atoms with Gasteiger partial charge in [0.05, 0.1) is 11.6 Å². The van der Waals surface area contributed by atoms with Gasteiger partial charge in [-0.2, -0.15) is 0 Å². The fourth-order valence-corrected chi connectivity index (χ4v) is 3.17. The summed E-state index contributed by atoms with van der Waals surface area (Å²) in [6.07, 6.45) is 3.33. The van der Waals surface area contributed by atoms with Crippen LogP contribution in [0, 0.1) is 0 Å². The van der Waals surface area contributed by atoms with Crippen molar-refractivity contribution in [2.75, 3.05) is 26.2 Å². The molecule has 1 aromatic heterocycles. The summed E-state index contributed by atoms with van der Waals surface area (Å²) in [5.74, 6) is 0. The molecule has 1 aliphatic rings. The van der Waals surface area contributed by atoms with Gasteiger partial charge in [0.25, 0.3) is 0 Å². The number of piperazine rings is 1. The van der Waals surface area contributed by atoms with Gasteiger partial charge in [0.2, 0.25) is 0 Å². The van der Waals surface area contributed by atoms with Crippen molar-refractivity contribution >= 4 is 16.9 Å². The number of carbonyl (C=O) groups is 1. The molecule has 1 atom stereocenters. The molecule has 0 radical (unpaired) electrons. The van der Waals surface area contributed by atoms with Crippen molar-refractivity contribution in [3.63, 3.8) is 0 Å². The van der Waals surface area contributed by atoms with Gasteiger partial charge in [-0.15, -0.1) is 0 Å². The Bertz CT molecular complexity index is 658. The molecule has 1 aromatic carbocycles. The van der Waals surface area contributed by atoms with Crippen LogP contribution in [0.2, 0.25) is 0 Å². The van der Waals surface area contributed by atoms with E-state index in [9.17, 15) is 4.79 Å². The molecule has 124 valence electrons. The average molecular weight is 314 g/mol. The van der Waals surface area contributed by atoms with Crippen LogP contribution in [0.3, 0.4) is 0 Å². The molecular formula is C18H26N4O. The van der Waals surface area contributed by atoms with Crippen LogP contribution >= 0.6 is 0 Å². The number of para-hydroxylation sites is 1. The summed E-state index contributed by atoms with van der Waals surface area (Å²) in [6, 6.07) is 10.4. The Kier molecular flexibility index (Phi) is 5.31. The van der Waals surface area contributed by atoms with Crippen LogP contribution in [0.1, 0.15) is 37.9 Å². The number of amides is 1. The minimum absolute atomic E-state index is 0.0234. The smallest absolute Gasteiger partial charge is 0.326 e. The average Bonchev–Trinajstić information content (AvgIpc) is 2.99. The maximum absolute atomic E-state index is 12.8. The highest BCUT2D eigenvalue weighted by Gasteiger charge is 2.23. The molecule has 1 aliphatic heterocycles. The Morgan fingerprint density at radius 3 is 2.96 bits per heavy atom. The predicted octanol–water partition coefficient (Wildman–Crippen LogP) is 2.62. The summed E-state index contributed by atoms with van der Waals surface area (Å²) < 4.78 is 1.84. The van der Waals surface area contributed by atoms with Gasteiger partial charge in [0, 0.05) is 37.3 Å². The third-order valence-corrected chi connectivity index (χ3v) is 4.40. The molecule has 23 heavy (non-hydrogen) atoms. The number of fused-ring (bicyclic) bond motifs is 1. The second-order valence-corrected chi connectivity index (χ2v) is 6.11. The summed E-state index contributed by atoms with van der Waals surface area (Å²) in [5, 5.41) is 11.1. The van der Waals surface area contributed by atoms with Crippen molar-refractivity contribution in [3.05, 3.63) is 36.0 Å². The number of rotatable bonds is 5. The zero-order valence-corrected chi connectivity index (χ0v) is 13.8. The van der Waals surface area contributed by atoms with Gasteiger partial charge in [0.1, 0.15) is 0 Å². The number of hydrogen-bond donors (Lipinski definition) is 3. The van der Waals surface area contributed by atoms with E-state index in [1.807, 2.05) is 22.8 Å². The molecule has 1 fully saturated rings. The lowest BCUT2D eigenvalue weighted by Crippen LogP contribution is -2.44. The van der Waals surface area contributed by atoms with Gasteiger partial charge in [-0.3, -0.25) is 4.57 Å². The third kappa shape index (κ3) is 3.57. The molecule has 0 spiro atoms. The molecule has 1 saturated heterocycles. The summed E-state index contributed by atoms with van der Waals surface area (Å²) in [6.45, 7) is 5.64. The number of carbonyl (C=O) groups excluding carboxylic acids is 1. The molecule has 3 N–H and O–H groups in total. The van der Waals surface area contributed by atoms with E-state index < -0.39 is 0 Å². The lowest BCUT2D eigenvalue weighted by atomic mass is 10.1. The first-order valence-corrected chi connectivity index (χ1v) is 8.64. The molecule has 5 heteroatoms. The summed E-state index contributed by atoms with van der Waals surface area (Å²) in [4.78, 5) is 12.8. The van der Waals surface area contributed by atoms with E-state index in [-0.39, 0.29) is 12.1 Å². The standard InChI is InChI=1S/C18H26N4O/c1-2-3-6-9-21-18(23)22-16-8-5-4-7-14(16)12-17(22)15-13-19-10-11-20-15/h4-5,7-8,12,15,19-20H,2-3,6,9-11,13H2,1H3,(H,21,23). The van der Waals surface area contributed by atoms with Crippen LogP contribution in [-0.2, 0) is 0 Å². The van der Waals surface area contributed by atoms with Crippen LogP contribution < -0.4 is 16.0 Å². The summed E-state index contributed by atoms with van der Waals surface area (Å²) in [5.41, 5.74) is 2.01. The maximum Gasteiger partial charge on any atom is 0.326 e. The van der Waals surface area contributed by atoms with Gasteiger partial charge < -0.3 is 16.0 Å². The molecule has 3 rings (SSSR count). The maximum atomic E-state index is 12.8. The zero-order valence-electron chi connectivity index (χ0n) is 13.8. The number of unbranched alkanes of at least 4 members (excludes halogenated alkanes) is 2. The Balaban J connectivity index is 1.87. The second-order valence-electron chi connectivity index (χ2n) is 6.11. The van der Waals surface area contributed by atoms with Crippen molar-refractivity contribution < 1.29 is 4.79 Å². The molecule has 2 aromatic rings. The Morgan fingerprint density at radius 2 is 2.17 bits per heavy atom. The highest BCUT2D eigenvalue weighted by molar-refractivity contribution is 5.93. The van der Waals surface area contributed by atoms with E-state index in [1.165, 1.54) is 0 Å². The minimum Gasteiger partial charge on any atom is -0.337 e. The van der Waals surface area contributed by atoms with Crippen molar-refractivity contribution in [2.24, 2.45) is 0 Å². The monoisotopic (exact) mass is 314 g/mol. The molecule has 2 heterocycles. The van der Waals surface area contributed by atoms with Gasteiger partial charge in [-0.05, 0) is 18.6 Å². The van der Waals surface area contributed by atoms with E-state index in [0.29, 0.717) is 0 Å². The fraction of sp³-hybridized carbons (Fsp3) is 0.500. The molecule has 0 saturated carbocycles. The van der Waals surface area contributed by atoms with Crippen LogP contribution in [-0.4, -0.2) is 36.8 Å². The second kappa shape index (κ2) is 7.62. The normalized spacial score (nSPS) is 18.2. The van der Waals surface area contributed by atoms with E-state index in [4.69, 9.17) is 0 Å². The van der Waals surface area contributed by atoms with E-state index in [0.717, 1.165) is 62.0 Å². The molecule has 1 unspecified atom stereocenters. The first-order chi connectivity index (χ1) is 11.3. The Labute approximate surface area is 137 Å². The van der Waals surface area contributed by atoms with Crippen LogP contribution in [0.5, 0.6) is 0 Å². The number of nitrogens with zero attached hydrogens (tertiary/aromatic N) is 1. The first kappa shape index (κ1) is 16.0. The number of aromatic nitrogens is 1. The quantitative estimate of drug-likeness (QED) is 0.744. The third-order valence-electron chi connectivity index (χ3n) is 4.40. The van der Waals surface area contributed by atoms with Crippen LogP contribution in [0.15, 0.2) is 30.3 Å². The molecule has 0 aliphatic carbocycles. The van der Waals surface area contributed by atoms with Crippen LogP contribution in [0.25, 0.3) is 10.9 Å². The SMILES string of the molecule is CCCCCNC(=O)n1c(C2CNCCN2)cc2ccccc21. The van der Waals surface area contributed by atoms with E-state index in [2.05, 4.69) is 35.0 Å². The van der Waals surface area contributed by atoms with E-state index in [1.54, 1.807) is 0 Å². The molecule has 5 nitrogen and oxygen atoms in total. The predicted molar refractivity (Wildman–Crippen MR) is 93.9 cm³/mol. The lowest BCUT2D eigenvalue weighted by Gasteiger charge is -2.25. The Hall–Kier alpha value is -1.85. The van der Waals surface area contributed by atoms with Crippen molar-refractivity contribution in [3.8, 4) is 0 Å². The van der Waals surface area contributed by atoms with E-state index >= 15 is 0 Å². The van der Waals surface area contributed by atoms with Gasteiger partial charge >= 0.3 is 6.03 Å². The Morgan fingerprint density at radius 1 is 1.30 bits per heavy atom. The molecule has 0 bridgehead atoms. The topological polar surface area (TPSA) is 58.1 Å². The molecule has 1 amide bonds. The van der Waals surface area contributed by atoms with Gasteiger partial charge in [0.15, 0.2) is 0 Å². The van der Waals surface area contributed by atoms with Gasteiger partial charge in [-0.25, -0.2) is 4.79 Å². The minimum atomic E-state index is -0.0234. The number of benzene rings is 1. The van der Waals surface area contributed by atoms with Crippen molar-refractivity contribution in [1.29, 1.82) is 0 Å². The first-order valence-electron chi connectivity index (χ1n) is 8.64. The van der Waals surface area contributed by atoms with Crippen molar-refractivity contribution in [2.45, 2.75) is 32.2 Å². The highest BCUT2D eigenvalue weighted by atomic mass is 16.2. The van der Waals surface area contributed by atoms with Crippen LogP contribution in [0.4, 0.5) is 4.79 Å². The fourth-order valence-electron chi connectivity index (χ4n) is 3.17. The summed E-state index contributed by atoms with van der Waals surface area (Å²) >= 11 is 0. The lowest BCUT2D eigenvalue weighted by molar-refractivity contribution is 0.241. The largest absolute Gasteiger partial charge is 0.337 e. The van der Waals surface area contributed by atoms with Crippen molar-refractivity contribution in [1.82, 2.24) is 20.5 Å². The van der Waals surface area contributed by atoms with Gasteiger partial charge in [-0.1, -0.05) is 38.0 Å². The number of nitrogens with one attached hydrogen (secondary N) is 3. The highest BCUT2D eigenvalue weighted by Crippen LogP contribution is 2.24. The zero-order chi connectivity index (χ0) is 16.1. The molecular weight excluding hydrogens is 288 g/mol. The number of hydrogen-bond acceptors (Lipinski definition) is 3.